The summed E-state index contributed by atoms with van der Waals surface area (Å²) in [5.41, 5.74) is 2.29. The van der Waals surface area contributed by atoms with E-state index in [-0.39, 0.29) is 12.6 Å². The monoisotopic (exact) mass is 279 g/mol. The van der Waals surface area contributed by atoms with Gasteiger partial charge < -0.3 is 14.8 Å². The van der Waals surface area contributed by atoms with E-state index < -0.39 is 12.1 Å². The van der Waals surface area contributed by atoms with Gasteiger partial charge in [-0.2, -0.15) is 0 Å². The third-order valence-corrected chi connectivity index (χ3v) is 2.63. The second-order valence-electron chi connectivity index (χ2n) is 4.56. The van der Waals surface area contributed by atoms with Crippen molar-refractivity contribution in [3.05, 3.63) is 35.4 Å². The molecule has 0 bridgehead atoms. The first-order valence-electron chi connectivity index (χ1n) is 6.67. The predicted octanol–water partition coefficient (Wildman–Crippen LogP) is 2.22. The Morgan fingerprint density at radius 1 is 1.25 bits per heavy atom. The van der Waals surface area contributed by atoms with Gasteiger partial charge in [-0.05, 0) is 26.3 Å². The van der Waals surface area contributed by atoms with Crippen LogP contribution in [0.15, 0.2) is 24.3 Å². The molecule has 1 rings (SSSR count). The summed E-state index contributed by atoms with van der Waals surface area (Å²) in [7, 11) is 0. The Kier molecular flexibility index (Phi) is 6.56. The second-order valence-corrected chi connectivity index (χ2v) is 4.56. The van der Waals surface area contributed by atoms with Crippen molar-refractivity contribution in [2.24, 2.45) is 0 Å². The highest BCUT2D eigenvalue weighted by atomic mass is 16.6. The summed E-state index contributed by atoms with van der Waals surface area (Å²) in [6, 6.07) is 8.04. The normalized spacial score (nSPS) is 11.6. The first-order chi connectivity index (χ1) is 9.51. The number of esters is 1. The van der Waals surface area contributed by atoms with Crippen LogP contribution in [0.5, 0.6) is 0 Å². The minimum absolute atomic E-state index is 0.177. The molecule has 20 heavy (non-hydrogen) atoms. The summed E-state index contributed by atoms with van der Waals surface area (Å²) in [5.74, 6) is -0.476. The van der Waals surface area contributed by atoms with Crippen LogP contribution in [0.1, 0.15) is 25.0 Å². The molecular formula is C15H21NO4. The molecule has 0 aliphatic heterocycles. The van der Waals surface area contributed by atoms with E-state index in [2.05, 4.69) is 5.32 Å². The summed E-state index contributed by atoms with van der Waals surface area (Å²) in [6.07, 6.45) is -0.245. The van der Waals surface area contributed by atoms with Crippen molar-refractivity contribution in [2.45, 2.75) is 33.3 Å². The van der Waals surface area contributed by atoms with Crippen molar-refractivity contribution >= 4 is 12.1 Å². The number of amides is 1. The molecule has 0 aliphatic rings. The number of hydrogen-bond donors (Lipinski definition) is 1. The van der Waals surface area contributed by atoms with Crippen LogP contribution in [0.2, 0.25) is 0 Å². The third-order valence-electron chi connectivity index (χ3n) is 2.63. The molecule has 0 spiro atoms. The Balaban J connectivity index is 2.30. The highest BCUT2D eigenvalue weighted by Crippen LogP contribution is 2.08. The molecule has 1 atom stereocenters. The molecule has 0 saturated heterocycles. The van der Waals surface area contributed by atoms with E-state index in [0.29, 0.717) is 13.0 Å². The van der Waals surface area contributed by atoms with Gasteiger partial charge in [0.2, 0.25) is 0 Å². The molecule has 1 amide bonds. The lowest BCUT2D eigenvalue weighted by Crippen LogP contribution is -2.33. The zero-order valence-corrected chi connectivity index (χ0v) is 12.1. The molecule has 1 aromatic carbocycles. The molecule has 0 aromatic heterocycles. The van der Waals surface area contributed by atoms with Crippen molar-refractivity contribution in [3.63, 3.8) is 0 Å². The molecule has 1 unspecified atom stereocenters. The fraction of sp³-hybridized carbons (Fsp3) is 0.467. The molecular weight excluding hydrogens is 258 g/mol. The van der Waals surface area contributed by atoms with Gasteiger partial charge in [0.1, 0.15) is 12.6 Å². The van der Waals surface area contributed by atoms with Crippen molar-refractivity contribution in [2.75, 3.05) is 13.2 Å². The number of aryl methyl sites for hydroxylation is 1. The van der Waals surface area contributed by atoms with E-state index in [1.807, 2.05) is 38.1 Å². The number of nitrogens with one attached hydrogen (secondary N) is 1. The lowest BCUT2D eigenvalue weighted by Gasteiger charge is -2.14. The van der Waals surface area contributed by atoms with E-state index in [1.54, 1.807) is 6.92 Å². The summed E-state index contributed by atoms with van der Waals surface area (Å²) in [6.45, 7) is 5.65. The lowest BCUT2D eigenvalue weighted by molar-refractivity contribution is -0.141. The van der Waals surface area contributed by atoms with Crippen LogP contribution in [-0.4, -0.2) is 31.3 Å². The van der Waals surface area contributed by atoms with Gasteiger partial charge in [0.25, 0.3) is 0 Å². The zero-order valence-electron chi connectivity index (χ0n) is 12.1. The topological polar surface area (TPSA) is 64.6 Å². The first-order valence-corrected chi connectivity index (χ1v) is 6.67. The largest absolute Gasteiger partial charge is 0.465 e. The maximum Gasteiger partial charge on any atom is 0.407 e. The first kappa shape index (κ1) is 16.0. The van der Waals surface area contributed by atoms with Gasteiger partial charge in [-0.15, -0.1) is 0 Å². The maximum absolute atomic E-state index is 11.5. The Morgan fingerprint density at radius 2 is 1.90 bits per heavy atom. The fourth-order valence-electron chi connectivity index (χ4n) is 1.68. The quantitative estimate of drug-likeness (QED) is 0.811. The minimum Gasteiger partial charge on any atom is -0.465 e. The van der Waals surface area contributed by atoms with Gasteiger partial charge in [-0.3, -0.25) is 4.79 Å². The maximum atomic E-state index is 11.5. The van der Waals surface area contributed by atoms with E-state index in [4.69, 9.17) is 9.47 Å². The molecule has 5 heteroatoms. The smallest absolute Gasteiger partial charge is 0.407 e. The SMILES string of the molecule is CCOC(=O)CNC(=O)OC(C)Cc1ccc(C)cc1. The van der Waals surface area contributed by atoms with Crippen LogP contribution < -0.4 is 5.32 Å². The Bertz CT molecular complexity index is 442. The van der Waals surface area contributed by atoms with Crippen LogP contribution in [0.25, 0.3) is 0 Å². The molecule has 0 aliphatic carbocycles. The van der Waals surface area contributed by atoms with Crippen LogP contribution in [-0.2, 0) is 20.7 Å². The van der Waals surface area contributed by atoms with Crippen molar-refractivity contribution in [1.29, 1.82) is 0 Å². The van der Waals surface area contributed by atoms with Gasteiger partial charge >= 0.3 is 12.1 Å². The summed E-state index contributed by atoms with van der Waals surface area (Å²) in [5, 5.41) is 2.36. The molecule has 110 valence electrons. The van der Waals surface area contributed by atoms with Gasteiger partial charge in [-0.1, -0.05) is 29.8 Å². The third kappa shape index (κ3) is 6.22. The van der Waals surface area contributed by atoms with Crippen LogP contribution in [0, 0.1) is 6.92 Å². The number of rotatable bonds is 6. The second kappa shape index (κ2) is 8.19. The molecule has 0 fully saturated rings. The average molecular weight is 279 g/mol. The average Bonchev–Trinajstić information content (AvgIpc) is 2.39. The van der Waals surface area contributed by atoms with Crippen LogP contribution in [0.4, 0.5) is 4.79 Å². The molecule has 0 radical (unpaired) electrons. The molecule has 0 heterocycles. The van der Waals surface area contributed by atoms with Gasteiger partial charge in [0, 0.05) is 6.42 Å². The highest BCUT2D eigenvalue weighted by Gasteiger charge is 2.11. The minimum atomic E-state index is -0.613. The van der Waals surface area contributed by atoms with Crippen LogP contribution >= 0.6 is 0 Å². The van der Waals surface area contributed by atoms with E-state index in [9.17, 15) is 9.59 Å². The number of carbonyl (C=O) groups excluding carboxylic acids is 2. The standard InChI is InChI=1S/C15H21NO4/c1-4-19-14(17)10-16-15(18)20-12(3)9-13-7-5-11(2)6-8-13/h5-8,12H,4,9-10H2,1-3H3,(H,16,18). The van der Waals surface area contributed by atoms with Crippen molar-refractivity contribution in [1.82, 2.24) is 5.32 Å². The van der Waals surface area contributed by atoms with Gasteiger partial charge in [0.05, 0.1) is 6.61 Å². The van der Waals surface area contributed by atoms with E-state index in [0.717, 1.165) is 5.56 Å². The van der Waals surface area contributed by atoms with Gasteiger partial charge in [-0.25, -0.2) is 4.79 Å². The van der Waals surface area contributed by atoms with Crippen molar-refractivity contribution < 1.29 is 19.1 Å². The summed E-state index contributed by atoms with van der Waals surface area (Å²) in [4.78, 5) is 22.5. The highest BCUT2D eigenvalue weighted by molar-refractivity contribution is 5.77. The molecule has 1 N–H and O–H groups in total. The van der Waals surface area contributed by atoms with Crippen molar-refractivity contribution in [3.8, 4) is 0 Å². The van der Waals surface area contributed by atoms with E-state index in [1.165, 1.54) is 5.56 Å². The van der Waals surface area contributed by atoms with Crippen LogP contribution in [0.3, 0.4) is 0 Å². The van der Waals surface area contributed by atoms with E-state index >= 15 is 0 Å². The predicted molar refractivity (Wildman–Crippen MR) is 75.5 cm³/mol. The number of ether oxygens (including phenoxy) is 2. The Labute approximate surface area is 119 Å². The fourth-order valence-corrected chi connectivity index (χ4v) is 1.68. The number of alkyl carbamates (subject to hydrolysis) is 1. The number of hydrogen-bond acceptors (Lipinski definition) is 4. The Morgan fingerprint density at radius 3 is 2.50 bits per heavy atom. The Hall–Kier alpha value is -2.04. The number of carbonyl (C=O) groups is 2. The lowest BCUT2D eigenvalue weighted by atomic mass is 10.1. The number of benzene rings is 1. The molecule has 1 aromatic rings. The molecule has 0 saturated carbocycles. The summed E-state index contributed by atoms with van der Waals surface area (Å²) < 4.78 is 9.85. The van der Waals surface area contributed by atoms with Gasteiger partial charge in [0.15, 0.2) is 0 Å². The zero-order chi connectivity index (χ0) is 15.0. The summed E-state index contributed by atoms with van der Waals surface area (Å²) >= 11 is 0. The molecule has 5 nitrogen and oxygen atoms in total.